The second-order valence-corrected chi connectivity index (χ2v) is 5.30. The summed E-state index contributed by atoms with van der Waals surface area (Å²) in [5.41, 5.74) is 1.76. The molecule has 0 N–H and O–H groups in total. The van der Waals surface area contributed by atoms with Gasteiger partial charge in [-0.05, 0) is 31.2 Å². The van der Waals surface area contributed by atoms with Gasteiger partial charge in [0.05, 0.1) is 18.4 Å². The van der Waals surface area contributed by atoms with Crippen LogP contribution in [0.1, 0.15) is 12.6 Å². The lowest BCUT2D eigenvalue weighted by atomic mass is 10.3. The quantitative estimate of drug-likeness (QED) is 0.712. The zero-order valence-electron chi connectivity index (χ0n) is 11.5. The predicted octanol–water partition coefficient (Wildman–Crippen LogP) is 2.83. The molecule has 0 aliphatic heterocycles. The van der Waals surface area contributed by atoms with Crippen molar-refractivity contribution in [2.45, 2.75) is 20.1 Å². The average Bonchev–Trinajstić information content (AvgIpc) is 3.15. The first-order chi connectivity index (χ1) is 10.2. The summed E-state index contributed by atoms with van der Waals surface area (Å²) in [7, 11) is 0. The Kier molecular flexibility index (Phi) is 4.01. The van der Waals surface area contributed by atoms with Gasteiger partial charge in [0.1, 0.15) is 12.3 Å². The normalized spacial score (nSPS) is 10.8. The molecule has 3 aromatic rings. The Morgan fingerprint density at radius 3 is 2.67 bits per heavy atom. The number of hydrogen-bond donors (Lipinski definition) is 0. The van der Waals surface area contributed by atoms with E-state index in [1.165, 1.54) is 0 Å². The molecule has 0 saturated heterocycles. The highest BCUT2D eigenvalue weighted by Gasteiger charge is 2.05. The van der Waals surface area contributed by atoms with Crippen LogP contribution in [0.5, 0.6) is 5.88 Å². The molecule has 0 unspecified atom stereocenters. The van der Waals surface area contributed by atoms with Gasteiger partial charge in [-0.3, -0.25) is 0 Å². The van der Waals surface area contributed by atoms with Crippen LogP contribution in [0.15, 0.2) is 47.2 Å². The van der Waals surface area contributed by atoms with Gasteiger partial charge in [0, 0.05) is 16.7 Å². The molecule has 3 rings (SSSR count). The van der Waals surface area contributed by atoms with E-state index >= 15 is 0 Å². The highest BCUT2D eigenvalue weighted by molar-refractivity contribution is 9.10. The van der Waals surface area contributed by atoms with E-state index < -0.39 is 0 Å². The fourth-order valence-corrected chi connectivity index (χ4v) is 2.09. The topological polar surface area (TPSA) is 57.8 Å². The minimum absolute atomic E-state index is 0.358. The maximum absolute atomic E-state index is 5.62. The standard InChI is InChI=1S/C14H14BrN5O/c1-2-20-16-9-12(17-20)10-21-14-7-8-19(18-14)13-5-3-11(15)4-6-13/h3-9H,2,10H2,1H3. The van der Waals surface area contributed by atoms with Crippen LogP contribution in [0.4, 0.5) is 0 Å². The highest BCUT2D eigenvalue weighted by atomic mass is 79.9. The first kappa shape index (κ1) is 13.8. The van der Waals surface area contributed by atoms with Crippen molar-refractivity contribution in [3.05, 3.63) is 52.9 Å². The van der Waals surface area contributed by atoms with Gasteiger partial charge in [-0.25, -0.2) is 4.68 Å². The third-order valence-electron chi connectivity index (χ3n) is 2.89. The lowest BCUT2D eigenvalue weighted by molar-refractivity contribution is 0.286. The first-order valence-electron chi connectivity index (χ1n) is 6.58. The molecule has 2 aromatic heterocycles. The Morgan fingerprint density at radius 1 is 1.14 bits per heavy atom. The van der Waals surface area contributed by atoms with E-state index in [1.807, 2.05) is 43.5 Å². The Bertz CT molecular complexity index is 719. The van der Waals surface area contributed by atoms with E-state index in [2.05, 4.69) is 31.2 Å². The largest absolute Gasteiger partial charge is 0.470 e. The Labute approximate surface area is 130 Å². The van der Waals surface area contributed by atoms with Gasteiger partial charge >= 0.3 is 0 Å². The molecular formula is C14H14BrN5O. The molecule has 0 spiro atoms. The molecule has 0 aliphatic carbocycles. The van der Waals surface area contributed by atoms with Crippen LogP contribution in [-0.2, 0) is 13.2 Å². The minimum atomic E-state index is 0.358. The summed E-state index contributed by atoms with van der Waals surface area (Å²) in [5.74, 6) is 0.559. The van der Waals surface area contributed by atoms with Crippen LogP contribution < -0.4 is 4.74 Å². The van der Waals surface area contributed by atoms with Crippen LogP contribution in [0, 0.1) is 0 Å². The monoisotopic (exact) mass is 347 g/mol. The van der Waals surface area contributed by atoms with Gasteiger partial charge in [-0.2, -0.15) is 15.0 Å². The summed E-state index contributed by atoms with van der Waals surface area (Å²) in [5, 5.41) is 12.7. The molecule has 7 heteroatoms. The van der Waals surface area contributed by atoms with Gasteiger partial charge in [0.25, 0.3) is 0 Å². The number of aromatic nitrogens is 5. The van der Waals surface area contributed by atoms with E-state index in [0.29, 0.717) is 12.5 Å². The number of hydrogen-bond acceptors (Lipinski definition) is 4. The molecule has 21 heavy (non-hydrogen) atoms. The molecule has 0 amide bonds. The van der Waals surface area contributed by atoms with Crippen molar-refractivity contribution in [1.29, 1.82) is 0 Å². The van der Waals surface area contributed by atoms with Gasteiger partial charge in [0.15, 0.2) is 0 Å². The van der Waals surface area contributed by atoms with Crippen LogP contribution in [0.3, 0.4) is 0 Å². The Hall–Kier alpha value is -2.15. The van der Waals surface area contributed by atoms with E-state index in [0.717, 1.165) is 22.4 Å². The fourth-order valence-electron chi connectivity index (χ4n) is 1.82. The maximum Gasteiger partial charge on any atom is 0.233 e. The number of ether oxygens (including phenoxy) is 1. The summed E-state index contributed by atoms with van der Waals surface area (Å²) < 4.78 is 8.42. The Balaban J connectivity index is 1.66. The predicted molar refractivity (Wildman–Crippen MR) is 81.3 cm³/mol. The average molecular weight is 348 g/mol. The van der Waals surface area contributed by atoms with Crippen molar-refractivity contribution < 1.29 is 4.74 Å². The zero-order valence-corrected chi connectivity index (χ0v) is 13.1. The van der Waals surface area contributed by atoms with Crippen molar-refractivity contribution >= 4 is 15.9 Å². The second-order valence-electron chi connectivity index (χ2n) is 4.39. The molecule has 0 bridgehead atoms. The molecule has 108 valence electrons. The SMILES string of the molecule is CCn1ncc(COc2ccn(-c3ccc(Br)cc3)n2)n1. The maximum atomic E-state index is 5.62. The first-order valence-corrected chi connectivity index (χ1v) is 7.37. The second kappa shape index (κ2) is 6.09. The van der Waals surface area contributed by atoms with Crippen molar-refractivity contribution in [1.82, 2.24) is 24.8 Å². The van der Waals surface area contributed by atoms with Crippen molar-refractivity contribution in [3.63, 3.8) is 0 Å². The summed E-state index contributed by atoms with van der Waals surface area (Å²) in [6, 6.07) is 9.73. The molecule has 0 fully saturated rings. The lowest BCUT2D eigenvalue weighted by Crippen LogP contribution is -2.02. The van der Waals surface area contributed by atoms with Crippen molar-refractivity contribution in [3.8, 4) is 11.6 Å². The van der Waals surface area contributed by atoms with Crippen LogP contribution >= 0.6 is 15.9 Å². The van der Waals surface area contributed by atoms with E-state index in [9.17, 15) is 0 Å². The number of halogens is 1. The molecule has 1 aromatic carbocycles. The highest BCUT2D eigenvalue weighted by Crippen LogP contribution is 2.16. The number of benzene rings is 1. The van der Waals surface area contributed by atoms with E-state index in [1.54, 1.807) is 15.7 Å². The number of nitrogens with zero attached hydrogens (tertiary/aromatic N) is 5. The lowest BCUT2D eigenvalue weighted by Gasteiger charge is -2.01. The summed E-state index contributed by atoms with van der Waals surface area (Å²) >= 11 is 3.41. The Morgan fingerprint density at radius 2 is 1.95 bits per heavy atom. The van der Waals surface area contributed by atoms with Crippen LogP contribution in [-0.4, -0.2) is 24.8 Å². The zero-order chi connectivity index (χ0) is 14.7. The third-order valence-corrected chi connectivity index (χ3v) is 3.42. The van der Waals surface area contributed by atoms with Gasteiger partial charge in [0.2, 0.25) is 5.88 Å². The van der Waals surface area contributed by atoms with Crippen LogP contribution in [0.25, 0.3) is 5.69 Å². The molecule has 0 aliphatic rings. The summed E-state index contributed by atoms with van der Waals surface area (Å²) in [6.07, 6.45) is 3.57. The molecular weight excluding hydrogens is 334 g/mol. The van der Waals surface area contributed by atoms with E-state index in [4.69, 9.17) is 4.74 Å². The van der Waals surface area contributed by atoms with Crippen LogP contribution in [0.2, 0.25) is 0 Å². The van der Waals surface area contributed by atoms with Crippen molar-refractivity contribution in [2.24, 2.45) is 0 Å². The summed E-state index contributed by atoms with van der Waals surface area (Å²) in [4.78, 5) is 1.62. The third kappa shape index (κ3) is 3.30. The molecule has 0 radical (unpaired) electrons. The van der Waals surface area contributed by atoms with Gasteiger partial charge in [-0.15, -0.1) is 5.10 Å². The number of rotatable bonds is 5. The molecule has 0 atom stereocenters. The van der Waals surface area contributed by atoms with Gasteiger partial charge in [-0.1, -0.05) is 15.9 Å². The molecule has 0 saturated carbocycles. The molecule has 6 nitrogen and oxygen atoms in total. The summed E-state index contributed by atoms with van der Waals surface area (Å²) in [6.45, 7) is 3.10. The van der Waals surface area contributed by atoms with Gasteiger partial charge < -0.3 is 4.74 Å². The van der Waals surface area contributed by atoms with Crippen molar-refractivity contribution in [2.75, 3.05) is 0 Å². The smallest absolute Gasteiger partial charge is 0.233 e. The molecule has 2 heterocycles. The fraction of sp³-hybridized carbons (Fsp3) is 0.214. The number of aryl methyl sites for hydroxylation is 1. The minimum Gasteiger partial charge on any atom is -0.470 e. The van der Waals surface area contributed by atoms with E-state index in [-0.39, 0.29) is 0 Å².